The van der Waals surface area contributed by atoms with Gasteiger partial charge in [0, 0.05) is 10.6 Å². The summed E-state index contributed by atoms with van der Waals surface area (Å²) in [6.45, 7) is 1.99. The van der Waals surface area contributed by atoms with Crippen LogP contribution in [0.5, 0.6) is 0 Å². The molecule has 0 aliphatic heterocycles. The molecule has 3 aromatic heterocycles. The number of aromatic nitrogens is 5. The Morgan fingerprint density at radius 1 is 1.43 bits per heavy atom. The van der Waals surface area contributed by atoms with Crippen molar-refractivity contribution in [3.8, 4) is 5.69 Å². The molecule has 11 heteroatoms. The third kappa shape index (κ3) is 3.10. The summed E-state index contributed by atoms with van der Waals surface area (Å²) >= 11 is 1.54. The summed E-state index contributed by atoms with van der Waals surface area (Å²) in [6.07, 6.45) is 3.18. The average Bonchev–Trinajstić information content (AvgIpc) is 3.36. The van der Waals surface area contributed by atoms with E-state index in [0.29, 0.717) is 5.69 Å². The summed E-state index contributed by atoms with van der Waals surface area (Å²) in [5.41, 5.74) is 1.10. The lowest BCUT2D eigenvalue weighted by atomic mass is 10.1. The smallest absolute Gasteiger partial charge is 0.409 e. The van der Waals surface area contributed by atoms with Crippen LogP contribution in [0.2, 0.25) is 0 Å². The molecule has 1 atom stereocenters. The number of carboxylic acid groups (broad SMARTS) is 1. The van der Waals surface area contributed by atoms with E-state index < -0.39 is 18.0 Å². The number of nitrogens with one attached hydrogen (secondary N) is 1. The van der Waals surface area contributed by atoms with Crippen molar-refractivity contribution in [2.75, 3.05) is 5.32 Å². The van der Waals surface area contributed by atoms with Crippen molar-refractivity contribution >= 4 is 27.9 Å². The highest BCUT2D eigenvalue weighted by Gasteiger charge is 2.23. The van der Waals surface area contributed by atoms with Crippen LogP contribution in [0.1, 0.15) is 29.3 Å². The topological polar surface area (TPSA) is 118 Å². The van der Waals surface area contributed by atoms with Crippen LogP contribution in [-0.4, -0.2) is 40.7 Å². The van der Waals surface area contributed by atoms with Crippen LogP contribution in [0, 0.1) is 5.82 Å². The maximum Gasteiger partial charge on any atom is 0.409 e. The second kappa shape index (κ2) is 7.02. The molecule has 0 radical (unpaired) electrons. The van der Waals surface area contributed by atoms with Crippen molar-refractivity contribution in [1.82, 2.24) is 24.4 Å². The van der Waals surface area contributed by atoms with Crippen molar-refractivity contribution in [2.24, 2.45) is 0 Å². The first-order valence-electron chi connectivity index (χ1n) is 8.31. The van der Waals surface area contributed by atoms with Crippen molar-refractivity contribution in [3.05, 3.63) is 59.0 Å². The number of aliphatic hydroxyl groups is 1. The third-order valence-corrected chi connectivity index (χ3v) is 5.45. The summed E-state index contributed by atoms with van der Waals surface area (Å²) in [7, 11) is 0. The van der Waals surface area contributed by atoms with Gasteiger partial charge in [0.15, 0.2) is 5.82 Å². The highest BCUT2D eigenvalue weighted by Crippen LogP contribution is 2.31. The maximum atomic E-state index is 14.4. The molecule has 1 unspecified atom stereocenters. The number of carbonyl (C=O) groups is 1. The number of hydrogen-bond donors (Lipinski definition) is 3. The number of benzene rings is 1. The number of nitrogens with zero attached hydrogens (tertiary/aromatic N) is 5. The van der Waals surface area contributed by atoms with Gasteiger partial charge in [0.2, 0.25) is 0 Å². The number of aliphatic hydroxyl groups excluding tert-OH is 1. The van der Waals surface area contributed by atoms with Crippen molar-refractivity contribution in [1.29, 1.82) is 0 Å². The summed E-state index contributed by atoms with van der Waals surface area (Å²) in [5.74, 6) is -0.682. The molecular weight excluding hydrogens is 387 g/mol. The first kappa shape index (κ1) is 18.1. The fourth-order valence-corrected chi connectivity index (χ4v) is 4.01. The van der Waals surface area contributed by atoms with Crippen molar-refractivity contribution < 1.29 is 19.4 Å². The maximum absolute atomic E-state index is 14.4. The monoisotopic (exact) mass is 402 g/mol. The van der Waals surface area contributed by atoms with Crippen LogP contribution in [0.3, 0.4) is 0 Å². The van der Waals surface area contributed by atoms with E-state index in [1.807, 2.05) is 6.92 Å². The van der Waals surface area contributed by atoms with Crippen LogP contribution < -0.4 is 5.32 Å². The molecule has 28 heavy (non-hydrogen) atoms. The number of rotatable bonds is 5. The van der Waals surface area contributed by atoms with E-state index >= 15 is 0 Å². The Morgan fingerprint density at radius 2 is 2.25 bits per heavy atom. The third-order valence-electron chi connectivity index (χ3n) is 4.19. The molecule has 0 spiro atoms. The zero-order valence-corrected chi connectivity index (χ0v) is 15.4. The standard InChI is InChI=1S/C17H15FN6O3S/c1-2-13-15(23-8-19-6-14(23)28-13)16(25)11-7-24(22-21-11)12-4-3-9(5-10(12)18)20-17(26)27/h3-8,16,20,25H,2H2,1H3,(H,26,27). The van der Waals surface area contributed by atoms with Gasteiger partial charge in [-0.05, 0) is 24.6 Å². The van der Waals surface area contributed by atoms with E-state index in [0.717, 1.165) is 22.2 Å². The summed E-state index contributed by atoms with van der Waals surface area (Å²) < 4.78 is 17.4. The van der Waals surface area contributed by atoms with Gasteiger partial charge in [-0.2, -0.15) is 0 Å². The van der Waals surface area contributed by atoms with Gasteiger partial charge in [-0.3, -0.25) is 9.72 Å². The van der Waals surface area contributed by atoms with Crippen LogP contribution in [0.25, 0.3) is 10.5 Å². The number of amides is 1. The summed E-state index contributed by atoms with van der Waals surface area (Å²) in [6, 6.07) is 3.83. The predicted molar refractivity (Wildman–Crippen MR) is 99.5 cm³/mol. The fourth-order valence-electron chi connectivity index (χ4n) is 2.94. The summed E-state index contributed by atoms with van der Waals surface area (Å²) in [5, 5.41) is 29.5. The van der Waals surface area contributed by atoms with E-state index in [-0.39, 0.29) is 17.1 Å². The first-order chi connectivity index (χ1) is 13.5. The molecule has 4 rings (SSSR count). The highest BCUT2D eigenvalue weighted by molar-refractivity contribution is 7.17. The van der Waals surface area contributed by atoms with E-state index in [9.17, 15) is 14.3 Å². The lowest BCUT2D eigenvalue weighted by Crippen LogP contribution is -2.08. The Balaban J connectivity index is 1.67. The Morgan fingerprint density at radius 3 is 2.96 bits per heavy atom. The molecule has 0 bridgehead atoms. The molecule has 144 valence electrons. The molecule has 0 fully saturated rings. The van der Waals surface area contributed by atoms with Gasteiger partial charge in [0.25, 0.3) is 0 Å². The van der Waals surface area contributed by atoms with E-state index in [2.05, 4.69) is 20.6 Å². The van der Waals surface area contributed by atoms with Gasteiger partial charge in [0.1, 0.15) is 28.6 Å². The quantitative estimate of drug-likeness (QED) is 0.472. The Hall–Kier alpha value is -3.31. The van der Waals surface area contributed by atoms with E-state index in [4.69, 9.17) is 5.11 Å². The first-order valence-corrected chi connectivity index (χ1v) is 9.13. The molecule has 0 aliphatic carbocycles. The van der Waals surface area contributed by atoms with Crippen LogP contribution in [-0.2, 0) is 6.42 Å². The molecule has 0 aliphatic rings. The normalized spacial score (nSPS) is 12.4. The van der Waals surface area contributed by atoms with E-state index in [1.54, 1.807) is 16.9 Å². The van der Waals surface area contributed by atoms with Gasteiger partial charge in [-0.1, -0.05) is 12.1 Å². The second-order valence-corrected chi connectivity index (χ2v) is 7.07. The number of imidazole rings is 1. The molecule has 3 N–H and O–H groups in total. The largest absolute Gasteiger partial charge is 0.465 e. The van der Waals surface area contributed by atoms with E-state index in [1.165, 1.54) is 34.3 Å². The second-order valence-electron chi connectivity index (χ2n) is 5.95. The highest BCUT2D eigenvalue weighted by atomic mass is 32.1. The molecule has 0 saturated carbocycles. The van der Waals surface area contributed by atoms with Gasteiger partial charge >= 0.3 is 6.09 Å². The molecular formula is C17H15FN6O3S. The Bertz CT molecular complexity index is 1170. The van der Waals surface area contributed by atoms with Crippen LogP contribution in [0.15, 0.2) is 36.9 Å². The predicted octanol–water partition coefficient (Wildman–Crippen LogP) is 2.85. The molecule has 4 aromatic rings. The minimum atomic E-state index is -1.29. The molecule has 3 heterocycles. The van der Waals surface area contributed by atoms with Crippen LogP contribution >= 0.6 is 11.3 Å². The Kier molecular flexibility index (Phi) is 4.53. The Labute approximate surface area is 161 Å². The minimum Gasteiger partial charge on any atom is -0.465 e. The molecule has 1 aromatic carbocycles. The van der Waals surface area contributed by atoms with Gasteiger partial charge in [0.05, 0.1) is 18.1 Å². The van der Waals surface area contributed by atoms with Crippen LogP contribution in [0.4, 0.5) is 14.9 Å². The SMILES string of the molecule is CCc1sc2cncn2c1C(O)c1cn(-c2ccc(NC(=O)O)cc2F)nn1. The fraction of sp³-hybridized carbons (Fsp3) is 0.176. The lowest BCUT2D eigenvalue weighted by molar-refractivity contribution is 0.208. The van der Waals surface area contributed by atoms with Gasteiger partial charge in [-0.15, -0.1) is 16.4 Å². The molecule has 1 amide bonds. The average molecular weight is 402 g/mol. The molecule has 9 nitrogen and oxygen atoms in total. The number of hydrogen-bond acceptors (Lipinski definition) is 6. The number of aryl methyl sites for hydroxylation is 1. The van der Waals surface area contributed by atoms with Gasteiger partial charge in [-0.25, -0.2) is 18.9 Å². The zero-order valence-electron chi connectivity index (χ0n) is 14.6. The summed E-state index contributed by atoms with van der Waals surface area (Å²) in [4.78, 5) is 16.7. The van der Waals surface area contributed by atoms with Gasteiger partial charge < -0.3 is 10.2 Å². The minimum absolute atomic E-state index is 0.0794. The lowest BCUT2D eigenvalue weighted by Gasteiger charge is -2.09. The number of thiazole rings is 1. The molecule has 0 saturated heterocycles. The zero-order chi connectivity index (χ0) is 19.8. The van der Waals surface area contributed by atoms with Crippen molar-refractivity contribution in [3.63, 3.8) is 0 Å². The number of halogens is 1. The number of fused-ring (bicyclic) bond motifs is 1. The van der Waals surface area contributed by atoms with Crippen molar-refractivity contribution in [2.45, 2.75) is 19.4 Å². The number of anilines is 1.